The second-order valence-electron chi connectivity index (χ2n) is 5.32. The number of amides is 1. The first kappa shape index (κ1) is 19.2. The van der Waals surface area contributed by atoms with E-state index in [2.05, 4.69) is 10.6 Å². The zero-order chi connectivity index (χ0) is 18.7. The molecule has 0 aliphatic heterocycles. The maximum Gasteiger partial charge on any atom is 0.337 e. The molecule has 2 rings (SSSR count). The first-order chi connectivity index (χ1) is 11.7. The monoisotopic (exact) mass is 396 g/mol. The molecule has 0 saturated carbocycles. The minimum Gasteiger partial charge on any atom is -0.478 e. The summed E-state index contributed by atoms with van der Waals surface area (Å²) in [7, 11) is 0. The third-order valence-corrected chi connectivity index (χ3v) is 4.36. The van der Waals surface area contributed by atoms with Gasteiger partial charge in [0.2, 0.25) is 0 Å². The predicted octanol–water partition coefficient (Wildman–Crippen LogP) is 4.44. The van der Waals surface area contributed by atoms with Gasteiger partial charge in [0.15, 0.2) is 5.11 Å². The van der Waals surface area contributed by atoms with Gasteiger partial charge in [-0.15, -0.1) is 0 Å². The Kier molecular flexibility index (Phi) is 6.00. The van der Waals surface area contributed by atoms with Gasteiger partial charge >= 0.3 is 5.97 Å². The zero-order valence-electron chi connectivity index (χ0n) is 13.3. The first-order valence-electron chi connectivity index (χ1n) is 7.11. The molecule has 0 aliphatic carbocycles. The fourth-order valence-electron chi connectivity index (χ4n) is 2.02. The molecule has 0 heterocycles. The van der Waals surface area contributed by atoms with Crippen LogP contribution in [0.15, 0.2) is 30.3 Å². The highest BCUT2D eigenvalue weighted by atomic mass is 35.5. The number of anilines is 1. The number of carbonyl (C=O) groups is 2. The Morgan fingerprint density at radius 2 is 1.72 bits per heavy atom. The fraction of sp³-hybridized carbons (Fsp3) is 0.118. The highest BCUT2D eigenvalue weighted by Crippen LogP contribution is 2.29. The van der Waals surface area contributed by atoms with Crippen molar-refractivity contribution in [2.45, 2.75) is 13.8 Å². The van der Waals surface area contributed by atoms with E-state index in [-0.39, 0.29) is 32.3 Å². The number of rotatable bonds is 3. The third-order valence-electron chi connectivity index (χ3n) is 3.53. The number of carbonyl (C=O) groups excluding carboxylic acids is 1. The number of aromatic carboxylic acids is 1. The number of carboxylic acids is 1. The number of benzene rings is 2. The number of carboxylic acid groups (broad SMARTS) is 1. The summed E-state index contributed by atoms with van der Waals surface area (Å²) >= 11 is 16.9. The van der Waals surface area contributed by atoms with Crippen LogP contribution in [0.25, 0.3) is 0 Å². The van der Waals surface area contributed by atoms with Crippen molar-refractivity contribution in [1.82, 2.24) is 5.32 Å². The molecule has 0 bridgehead atoms. The number of nitrogens with one attached hydrogen (secondary N) is 2. The SMILES string of the molecule is Cc1ccc(C(=O)NC(=S)Nc2cc(C(=O)O)c(Cl)cc2Cl)cc1C. The van der Waals surface area contributed by atoms with Gasteiger partial charge in [-0.1, -0.05) is 29.3 Å². The van der Waals surface area contributed by atoms with E-state index in [0.717, 1.165) is 11.1 Å². The van der Waals surface area contributed by atoms with Crippen molar-refractivity contribution in [3.8, 4) is 0 Å². The Morgan fingerprint density at radius 1 is 1.04 bits per heavy atom. The van der Waals surface area contributed by atoms with Crippen molar-refractivity contribution in [3.63, 3.8) is 0 Å². The Bertz CT molecular complexity index is 884. The van der Waals surface area contributed by atoms with Crippen molar-refractivity contribution in [1.29, 1.82) is 0 Å². The molecule has 2 aromatic rings. The molecule has 0 unspecified atom stereocenters. The zero-order valence-corrected chi connectivity index (χ0v) is 15.6. The molecule has 5 nitrogen and oxygen atoms in total. The summed E-state index contributed by atoms with van der Waals surface area (Å²) in [4.78, 5) is 23.4. The summed E-state index contributed by atoms with van der Waals surface area (Å²) in [5.74, 6) is -1.58. The molecule has 1 amide bonds. The van der Waals surface area contributed by atoms with Crippen LogP contribution in [0.1, 0.15) is 31.8 Å². The second-order valence-corrected chi connectivity index (χ2v) is 6.55. The molecule has 25 heavy (non-hydrogen) atoms. The van der Waals surface area contributed by atoms with Crippen molar-refractivity contribution in [2.24, 2.45) is 0 Å². The van der Waals surface area contributed by atoms with E-state index >= 15 is 0 Å². The predicted molar refractivity (Wildman–Crippen MR) is 103 cm³/mol. The highest BCUT2D eigenvalue weighted by molar-refractivity contribution is 7.80. The van der Waals surface area contributed by atoms with Crippen LogP contribution in [0.2, 0.25) is 10.0 Å². The van der Waals surface area contributed by atoms with Gasteiger partial charge in [0.25, 0.3) is 5.91 Å². The van der Waals surface area contributed by atoms with Crippen molar-refractivity contribution in [2.75, 3.05) is 5.32 Å². The van der Waals surface area contributed by atoms with Crippen molar-refractivity contribution in [3.05, 3.63) is 62.6 Å². The highest BCUT2D eigenvalue weighted by Gasteiger charge is 2.15. The van der Waals surface area contributed by atoms with Gasteiger partial charge in [0.05, 0.1) is 21.3 Å². The summed E-state index contributed by atoms with van der Waals surface area (Å²) in [6, 6.07) is 7.84. The van der Waals surface area contributed by atoms with Gasteiger partial charge in [0, 0.05) is 5.56 Å². The maximum atomic E-state index is 12.2. The van der Waals surface area contributed by atoms with E-state index in [1.807, 2.05) is 19.9 Å². The molecule has 0 aliphatic rings. The molecule has 0 saturated heterocycles. The van der Waals surface area contributed by atoms with Crippen LogP contribution in [0.4, 0.5) is 5.69 Å². The van der Waals surface area contributed by atoms with Crippen molar-refractivity contribution >= 4 is 58.1 Å². The summed E-state index contributed by atoms with van der Waals surface area (Å²) < 4.78 is 0. The largest absolute Gasteiger partial charge is 0.478 e. The number of hydrogen-bond acceptors (Lipinski definition) is 3. The number of thiocarbonyl (C=S) groups is 1. The van der Waals surface area contributed by atoms with Gasteiger partial charge in [-0.05, 0) is 61.5 Å². The molecule has 8 heteroatoms. The lowest BCUT2D eigenvalue weighted by Gasteiger charge is -2.13. The second kappa shape index (κ2) is 7.82. The lowest BCUT2D eigenvalue weighted by Crippen LogP contribution is -2.34. The van der Waals surface area contributed by atoms with Crippen LogP contribution >= 0.6 is 35.4 Å². The lowest BCUT2D eigenvalue weighted by molar-refractivity contribution is 0.0697. The first-order valence-corrected chi connectivity index (χ1v) is 8.27. The van der Waals surface area contributed by atoms with Crippen LogP contribution in [-0.2, 0) is 0 Å². The van der Waals surface area contributed by atoms with Crippen LogP contribution in [0.5, 0.6) is 0 Å². The molecule has 3 N–H and O–H groups in total. The number of aryl methyl sites for hydroxylation is 2. The van der Waals surface area contributed by atoms with Crippen LogP contribution in [0.3, 0.4) is 0 Å². The molecule has 0 aromatic heterocycles. The third kappa shape index (κ3) is 4.69. The topological polar surface area (TPSA) is 78.4 Å². The molecule has 2 aromatic carbocycles. The Labute approximate surface area is 159 Å². The molecule has 130 valence electrons. The molecular formula is C17H14Cl2N2O3S. The van der Waals surface area contributed by atoms with Gasteiger partial charge < -0.3 is 10.4 Å². The average Bonchev–Trinajstić information content (AvgIpc) is 2.52. The quantitative estimate of drug-likeness (QED) is 0.668. The van der Waals surface area contributed by atoms with Gasteiger partial charge in [-0.25, -0.2) is 4.79 Å². The number of halogens is 2. The molecule has 0 radical (unpaired) electrons. The van der Waals surface area contributed by atoms with Crippen LogP contribution < -0.4 is 10.6 Å². The lowest BCUT2D eigenvalue weighted by atomic mass is 10.1. The molecular weight excluding hydrogens is 383 g/mol. The summed E-state index contributed by atoms with van der Waals surface area (Å²) in [6.45, 7) is 3.86. The maximum absolute atomic E-state index is 12.2. The summed E-state index contributed by atoms with van der Waals surface area (Å²) in [5.41, 5.74) is 2.62. The van der Waals surface area contributed by atoms with Crippen LogP contribution in [-0.4, -0.2) is 22.1 Å². The van der Waals surface area contributed by atoms with E-state index in [4.69, 9.17) is 40.5 Å². The number of hydrogen-bond donors (Lipinski definition) is 3. The fourth-order valence-corrected chi connectivity index (χ4v) is 2.73. The van der Waals surface area contributed by atoms with E-state index in [9.17, 15) is 9.59 Å². The summed E-state index contributed by atoms with van der Waals surface area (Å²) in [6.07, 6.45) is 0. The molecule has 0 spiro atoms. The smallest absolute Gasteiger partial charge is 0.337 e. The standard InChI is InChI=1S/C17H14Cl2N2O3S/c1-8-3-4-10(5-9(8)2)15(22)21-17(25)20-14-6-11(16(23)24)12(18)7-13(14)19/h3-7H,1-2H3,(H,23,24)(H2,20,21,22,25). The minimum absolute atomic E-state index is 0.00753. The molecule has 0 atom stereocenters. The van der Waals surface area contributed by atoms with E-state index < -0.39 is 5.97 Å². The Morgan fingerprint density at radius 3 is 2.32 bits per heavy atom. The van der Waals surface area contributed by atoms with Gasteiger partial charge in [0.1, 0.15) is 0 Å². The summed E-state index contributed by atoms with van der Waals surface area (Å²) in [5, 5.41) is 14.5. The van der Waals surface area contributed by atoms with E-state index in [1.165, 1.54) is 12.1 Å². The van der Waals surface area contributed by atoms with Crippen molar-refractivity contribution < 1.29 is 14.7 Å². The van der Waals surface area contributed by atoms with Gasteiger partial charge in [-0.2, -0.15) is 0 Å². The van der Waals surface area contributed by atoms with E-state index in [1.54, 1.807) is 12.1 Å². The van der Waals surface area contributed by atoms with E-state index in [0.29, 0.717) is 5.56 Å². The Hall–Kier alpha value is -2.15. The van der Waals surface area contributed by atoms with Gasteiger partial charge in [-0.3, -0.25) is 10.1 Å². The van der Waals surface area contributed by atoms with Crippen LogP contribution in [0, 0.1) is 13.8 Å². The normalized spacial score (nSPS) is 10.2. The average molecular weight is 397 g/mol. The molecule has 0 fully saturated rings. The Balaban J connectivity index is 2.14. The minimum atomic E-state index is -1.20.